The minimum Gasteiger partial charge on any atom is -0.481 e. The molecule has 0 aromatic carbocycles. The first-order valence-corrected chi connectivity index (χ1v) is 12.0. The van der Waals surface area contributed by atoms with Gasteiger partial charge in [0.1, 0.15) is 12.1 Å². The zero-order valence-corrected chi connectivity index (χ0v) is 17.1. The molecule has 0 unspecified atom stereocenters. The molecule has 0 aromatic heterocycles. The minimum atomic E-state index is -4.06. The van der Waals surface area contributed by atoms with Crippen LogP contribution in [-0.4, -0.2) is 82.8 Å². The summed E-state index contributed by atoms with van der Waals surface area (Å²) < 4.78 is 29.7. The molecule has 162 valence electrons. The molecular weight excluding hydrogens is 438 g/mol. The molecule has 0 aliphatic carbocycles. The monoisotopic (exact) mass is 461 g/mol. The normalized spacial score (nSPS) is 13.4. The molecule has 0 saturated heterocycles. The van der Waals surface area contributed by atoms with Crippen LogP contribution in [0.2, 0.25) is 0 Å². The van der Waals surface area contributed by atoms with Crippen LogP contribution in [0.25, 0.3) is 0 Å². The molecule has 0 bridgehead atoms. The number of carboxylic acid groups (broad SMARTS) is 2. The van der Waals surface area contributed by atoms with Gasteiger partial charge in [-0.2, -0.15) is 8.42 Å². The quantitative estimate of drug-likeness (QED) is 0.0936. The van der Waals surface area contributed by atoms with Gasteiger partial charge < -0.3 is 26.6 Å². The van der Waals surface area contributed by atoms with Gasteiger partial charge in [0.2, 0.25) is 11.8 Å². The topological polar surface area (TPSA) is 213 Å². The second kappa shape index (κ2) is 13.6. The van der Waals surface area contributed by atoms with Gasteiger partial charge in [-0.3, -0.25) is 18.9 Å². The van der Waals surface area contributed by atoms with Crippen molar-refractivity contribution in [3.8, 4) is 0 Å². The Morgan fingerprint density at radius 2 is 1.57 bits per heavy atom. The number of hydrogen-bond acceptors (Lipinski definition) is 9. The maximum atomic E-state index is 12.2. The van der Waals surface area contributed by atoms with Crippen molar-refractivity contribution < 1.29 is 42.4 Å². The van der Waals surface area contributed by atoms with E-state index >= 15 is 0 Å². The predicted molar refractivity (Wildman–Crippen MR) is 103 cm³/mol. The molecule has 0 spiro atoms. The van der Waals surface area contributed by atoms with Crippen LogP contribution in [0.3, 0.4) is 0 Å². The van der Waals surface area contributed by atoms with E-state index in [2.05, 4.69) is 10.6 Å². The molecule has 12 nitrogen and oxygen atoms in total. The molecule has 0 aliphatic heterocycles. The average Bonchev–Trinajstić information content (AvgIpc) is 2.58. The summed E-state index contributed by atoms with van der Waals surface area (Å²) in [5, 5.41) is 22.4. The predicted octanol–water partition coefficient (Wildman–Crippen LogP) is -1.48. The van der Waals surface area contributed by atoms with Crippen LogP contribution >= 0.6 is 21.6 Å². The van der Waals surface area contributed by atoms with Gasteiger partial charge in [-0.1, -0.05) is 21.6 Å². The van der Waals surface area contributed by atoms with Gasteiger partial charge in [0.25, 0.3) is 10.1 Å². The molecular formula is C13H23N3O9S3. The van der Waals surface area contributed by atoms with Gasteiger partial charge in [-0.05, 0) is 12.8 Å². The number of hydrogen-bond donors (Lipinski definition) is 6. The van der Waals surface area contributed by atoms with E-state index in [1.54, 1.807) is 0 Å². The Morgan fingerprint density at radius 1 is 0.964 bits per heavy atom. The van der Waals surface area contributed by atoms with Crippen LogP contribution in [0.4, 0.5) is 0 Å². The molecule has 2 atom stereocenters. The minimum absolute atomic E-state index is 0.00109. The molecule has 0 aliphatic rings. The molecule has 7 N–H and O–H groups in total. The number of aliphatic carboxylic acids is 2. The van der Waals surface area contributed by atoms with Crippen molar-refractivity contribution in [2.45, 2.75) is 31.3 Å². The molecule has 15 heteroatoms. The van der Waals surface area contributed by atoms with Crippen molar-refractivity contribution in [2.75, 3.05) is 23.8 Å². The zero-order chi connectivity index (χ0) is 21.7. The summed E-state index contributed by atoms with van der Waals surface area (Å²) in [6.45, 7) is -0.420. The number of carboxylic acids is 2. The van der Waals surface area contributed by atoms with Crippen LogP contribution < -0.4 is 16.4 Å². The first-order valence-electron chi connectivity index (χ1n) is 7.90. The Morgan fingerprint density at radius 3 is 2.07 bits per heavy atom. The molecule has 2 amide bonds. The number of amides is 2. The Bertz CT molecular complexity index is 657. The van der Waals surface area contributed by atoms with Gasteiger partial charge >= 0.3 is 11.9 Å². The van der Waals surface area contributed by atoms with E-state index in [0.29, 0.717) is 0 Å². The first-order chi connectivity index (χ1) is 13.0. The molecule has 0 rings (SSSR count). The molecule has 28 heavy (non-hydrogen) atoms. The van der Waals surface area contributed by atoms with Crippen LogP contribution in [0.5, 0.6) is 0 Å². The van der Waals surface area contributed by atoms with Crippen molar-refractivity contribution in [2.24, 2.45) is 5.73 Å². The van der Waals surface area contributed by atoms with Gasteiger partial charge in [0.15, 0.2) is 0 Å². The van der Waals surface area contributed by atoms with E-state index in [1.807, 2.05) is 0 Å². The Kier molecular flexibility index (Phi) is 12.8. The zero-order valence-electron chi connectivity index (χ0n) is 14.7. The maximum absolute atomic E-state index is 12.2. The molecule has 0 aromatic rings. The fourth-order valence-electron chi connectivity index (χ4n) is 1.74. The number of carbonyl (C=O) groups is 4. The average molecular weight is 462 g/mol. The molecule has 0 saturated carbocycles. The Hall–Kier alpha value is -1.55. The number of carbonyl (C=O) groups excluding carboxylic acids is 2. The van der Waals surface area contributed by atoms with Gasteiger partial charge in [0.05, 0.1) is 12.3 Å². The van der Waals surface area contributed by atoms with Crippen LogP contribution in [0.15, 0.2) is 0 Å². The maximum Gasteiger partial charge on any atom is 0.326 e. The van der Waals surface area contributed by atoms with Gasteiger partial charge in [-0.25, -0.2) is 4.79 Å². The molecule has 0 radical (unpaired) electrons. The van der Waals surface area contributed by atoms with E-state index in [0.717, 1.165) is 10.8 Å². The highest BCUT2D eigenvalue weighted by Crippen LogP contribution is 2.22. The lowest BCUT2D eigenvalue weighted by atomic mass is 10.1. The van der Waals surface area contributed by atoms with Crippen molar-refractivity contribution in [1.29, 1.82) is 0 Å². The summed E-state index contributed by atoms with van der Waals surface area (Å²) >= 11 is 0. The largest absolute Gasteiger partial charge is 0.481 e. The van der Waals surface area contributed by atoms with E-state index in [9.17, 15) is 32.7 Å². The Balaban J connectivity index is 4.62. The van der Waals surface area contributed by atoms with E-state index in [4.69, 9.17) is 15.4 Å². The lowest BCUT2D eigenvalue weighted by Gasteiger charge is -2.20. The number of nitrogens with two attached hydrogens (primary N) is 1. The van der Waals surface area contributed by atoms with Crippen molar-refractivity contribution in [1.82, 2.24) is 10.6 Å². The number of nitrogens with one attached hydrogen (secondary N) is 2. The van der Waals surface area contributed by atoms with E-state index < -0.39 is 64.7 Å². The second-order valence-electron chi connectivity index (χ2n) is 5.37. The summed E-state index contributed by atoms with van der Waals surface area (Å²) in [4.78, 5) is 45.6. The van der Waals surface area contributed by atoms with E-state index in [1.165, 1.54) is 10.8 Å². The fourth-order valence-corrected chi connectivity index (χ4v) is 5.03. The third-order valence-electron chi connectivity index (χ3n) is 3.10. The third kappa shape index (κ3) is 13.6. The Labute approximate surface area is 169 Å². The standard InChI is InChI=1S/C13H23N3O9S3/c14-7-10(17)15-8(1-2-11(18)19)12(20)16-9(13(21)22)3-4-26-27-5-6-28(23,24)25/h8-9H,1-7,14H2,(H,15,17)(H,16,20)(H,18,19)(H,21,22)(H,23,24,25)/t8-,9-/m0/s1. The highest BCUT2D eigenvalue weighted by molar-refractivity contribution is 8.76. The highest BCUT2D eigenvalue weighted by atomic mass is 33.1. The highest BCUT2D eigenvalue weighted by Gasteiger charge is 2.26. The SMILES string of the molecule is NCC(=O)N[C@@H](CCC(=O)O)C(=O)N[C@@H](CCSSCCS(=O)(=O)O)C(=O)O. The van der Waals surface area contributed by atoms with E-state index in [-0.39, 0.29) is 24.3 Å². The molecule has 0 fully saturated rings. The lowest BCUT2D eigenvalue weighted by molar-refractivity contribution is -0.143. The summed E-state index contributed by atoms with van der Waals surface area (Å²) in [6, 6.07) is -2.53. The number of rotatable bonds is 15. The summed E-state index contributed by atoms with van der Waals surface area (Å²) in [5.74, 6) is -4.12. The second-order valence-corrected chi connectivity index (χ2v) is 9.65. The molecule has 0 heterocycles. The summed E-state index contributed by atoms with van der Waals surface area (Å²) in [7, 11) is -1.78. The van der Waals surface area contributed by atoms with Crippen molar-refractivity contribution in [3.63, 3.8) is 0 Å². The van der Waals surface area contributed by atoms with Gasteiger partial charge in [0, 0.05) is 17.9 Å². The fraction of sp³-hybridized carbons (Fsp3) is 0.692. The third-order valence-corrected chi connectivity index (χ3v) is 6.51. The summed E-state index contributed by atoms with van der Waals surface area (Å²) in [5.41, 5.74) is 5.15. The van der Waals surface area contributed by atoms with Gasteiger partial charge in [-0.15, -0.1) is 0 Å². The van der Waals surface area contributed by atoms with Crippen molar-refractivity contribution >= 4 is 55.5 Å². The first kappa shape index (κ1) is 26.4. The lowest BCUT2D eigenvalue weighted by Crippen LogP contribution is -2.52. The smallest absolute Gasteiger partial charge is 0.326 e. The van der Waals surface area contributed by atoms with Crippen LogP contribution in [0, 0.1) is 0 Å². The van der Waals surface area contributed by atoms with Crippen LogP contribution in [-0.2, 0) is 29.3 Å². The van der Waals surface area contributed by atoms with Crippen LogP contribution in [0.1, 0.15) is 19.3 Å². The van der Waals surface area contributed by atoms with Crippen molar-refractivity contribution in [3.05, 3.63) is 0 Å². The summed E-state index contributed by atoms with van der Waals surface area (Å²) in [6.07, 6.45) is -0.651.